The molecule has 0 bridgehead atoms. The number of piperidine rings is 1. The van der Waals surface area contributed by atoms with Gasteiger partial charge in [-0.15, -0.1) is 0 Å². The van der Waals surface area contributed by atoms with Crippen LogP contribution in [0.4, 0.5) is 5.95 Å². The Morgan fingerprint density at radius 2 is 2.10 bits per heavy atom. The van der Waals surface area contributed by atoms with Crippen LogP contribution in [0.2, 0.25) is 0 Å². The highest BCUT2D eigenvalue weighted by Crippen LogP contribution is 2.14. The monoisotopic (exact) mass is 292 g/mol. The Morgan fingerprint density at radius 3 is 2.81 bits per heavy atom. The Bertz CT molecular complexity index is 481. The Kier molecular flexibility index (Phi) is 5.44. The summed E-state index contributed by atoms with van der Waals surface area (Å²) in [6, 6.07) is 1.80. The lowest BCUT2D eigenvalue weighted by molar-refractivity contribution is -0.125. The molecule has 8 heteroatoms. The highest BCUT2D eigenvalue weighted by Gasteiger charge is 2.22. The average Bonchev–Trinajstić information content (AvgIpc) is 2.53. The number of carbonyl (C=O) groups is 2. The summed E-state index contributed by atoms with van der Waals surface area (Å²) in [5, 5.41) is 5.36. The van der Waals surface area contributed by atoms with Crippen LogP contribution in [-0.2, 0) is 9.59 Å². The molecule has 1 aromatic heterocycles. The van der Waals surface area contributed by atoms with Gasteiger partial charge >= 0.3 is 0 Å². The van der Waals surface area contributed by atoms with Gasteiger partial charge in [0.15, 0.2) is 0 Å². The molecule has 1 aromatic rings. The molecule has 2 heterocycles. The van der Waals surface area contributed by atoms with E-state index >= 15 is 0 Å². The fraction of sp³-hybridized carbons (Fsp3) is 0.538. The molecule has 0 saturated carbocycles. The van der Waals surface area contributed by atoms with Crippen molar-refractivity contribution in [2.45, 2.75) is 18.9 Å². The molecule has 1 atom stereocenters. The van der Waals surface area contributed by atoms with Gasteiger partial charge in [0, 0.05) is 31.5 Å². The van der Waals surface area contributed by atoms with Gasteiger partial charge in [-0.05, 0) is 18.9 Å². The number of aromatic nitrogens is 2. The summed E-state index contributed by atoms with van der Waals surface area (Å²) in [4.78, 5) is 33.2. The van der Waals surface area contributed by atoms with Crippen molar-refractivity contribution in [2.75, 3.05) is 31.1 Å². The number of hydrogen-bond acceptors (Lipinski definition) is 6. The fourth-order valence-corrected chi connectivity index (χ4v) is 2.26. The van der Waals surface area contributed by atoms with Crippen molar-refractivity contribution < 1.29 is 9.59 Å². The van der Waals surface area contributed by atoms with Crippen LogP contribution >= 0.6 is 0 Å². The number of amides is 2. The van der Waals surface area contributed by atoms with Crippen molar-refractivity contribution in [2.24, 2.45) is 5.73 Å². The van der Waals surface area contributed by atoms with Crippen LogP contribution < -0.4 is 21.3 Å². The molecular weight excluding hydrogens is 272 g/mol. The second-order valence-corrected chi connectivity index (χ2v) is 4.88. The van der Waals surface area contributed by atoms with E-state index in [1.165, 1.54) is 0 Å². The van der Waals surface area contributed by atoms with E-state index in [0.717, 1.165) is 19.4 Å². The van der Waals surface area contributed by atoms with Crippen LogP contribution in [0.15, 0.2) is 18.5 Å². The van der Waals surface area contributed by atoms with E-state index in [1.807, 2.05) is 4.90 Å². The summed E-state index contributed by atoms with van der Waals surface area (Å²) in [6.07, 6.45) is 5.26. The number of carbonyl (C=O) groups excluding carboxylic acids is 2. The first-order chi connectivity index (χ1) is 10.2. The minimum absolute atomic E-state index is 0.0323. The number of nitrogens with two attached hydrogens (primary N) is 1. The van der Waals surface area contributed by atoms with Crippen molar-refractivity contribution in [1.82, 2.24) is 20.6 Å². The molecule has 1 aliphatic heterocycles. The molecule has 0 spiro atoms. The third kappa shape index (κ3) is 4.67. The van der Waals surface area contributed by atoms with Gasteiger partial charge in [0.2, 0.25) is 17.8 Å². The van der Waals surface area contributed by atoms with Crippen LogP contribution in [0.5, 0.6) is 0 Å². The lowest BCUT2D eigenvalue weighted by atomic mass is 10.1. The summed E-state index contributed by atoms with van der Waals surface area (Å²) >= 11 is 0. The highest BCUT2D eigenvalue weighted by molar-refractivity contribution is 5.85. The average molecular weight is 292 g/mol. The second-order valence-electron chi connectivity index (χ2n) is 4.88. The van der Waals surface area contributed by atoms with Crippen molar-refractivity contribution in [3.63, 3.8) is 0 Å². The van der Waals surface area contributed by atoms with E-state index in [1.54, 1.807) is 18.5 Å². The van der Waals surface area contributed by atoms with E-state index in [4.69, 9.17) is 5.73 Å². The molecule has 1 unspecified atom stereocenters. The number of rotatable bonds is 5. The summed E-state index contributed by atoms with van der Waals surface area (Å²) in [6.45, 7) is 1.38. The smallest absolute Gasteiger partial charge is 0.239 e. The van der Waals surface area contributed by atoms with Gasteiger partial charge in [0.1, 0.15) is 0 Å². The van der Waals surface area contributed by atoms with Crippen LogP contribution in [-0.4, -0.2) is 54.0 Å². The number of nitrogens with zero attached hydrogens (tertiary/aromatic N) is 3. The van der Waals surface area contributed by atoms with Gasteiger partial charge < -0.3 is 21.3 Å². The lowest BCUT2D eigenvalue weighted by Crippen LogP contribution is -2.50. The molecular formula is C13H20N6O2. The molecule has 0 aromatic carbocycles. The van der Waals surface area contributed by atoms with E-state index < -0.39 is 0 Å². The van der Waals surface area contributed by atoms with Crippen molar-refractivity contribution in [1.29, 1.82) is 0 Å². The van der Waals surface area contributed by atoms with E-state index in [-0.39, 0.29) is 30.9 Å². The predicted octanol–water partition coefficient (Wildman–Crippen LogP) is -1.36. The molecule has 2 amide bonds. The Labute approximate surface area is 123 Å². The molecule has 0 aliphatic carbocycles. The third-order valence-corrected chi connectivity index (χ3v) is 3.25. The predicted molar refractivity (Wildman–Crippen MR) is 77.5 cm³/mol. The largest absolute Gasteiger partial charge is 0.350 e. The summed E-state index contributed by atoms with van der Waals surface area (Å²) in [5.41, 5.74) is 5.16. The fourth-order valence-electron chi connectivity index (χ4n) is 2.26. The maximum absolute atomic E-state index is 11.8. The van der Waals surface area contributed by atoms with Crippen LogP contribution in [0.25, 0.3) is 0 Å². The first kappa shape index (κ1) is 15.2. The van der Waals surface area contributed by atoms with Crippen molar-refractivity contribution in [3.8, 4) is 0 Å². The molecule has 8 nitrogen and oxygen atoms in total. The highest BCUT2D eigenvalue weighted by atomic mass is 16.2. The SMILES string of the molecule is NCC(=O)NCC(=O)NC1CCCN(c2ncccn2)C1. The third-order valence-electron chi connectivity index (χ3n) is 3.25. The lowest BCUT2D eigenvalue weighted by Gasteiger charge is -2.33. The first-order valence-corrected chi connectivity index (χ1v) is 6.97. The van der Waals surface area contributed by atoms with Gasteiger partial charge in [-0.3, -0.25) is 9.59 Å². The molecule has 114 valence electrons. The van der Waals surface area contributed by atoms with Gasteiger partial charge in [0.05, 0.1) is 13.1 Å². The number of nitrogens with one attached hydrogen (secondary N) is 2. The van der Waals surface area contributed by atoms with Crippen molar-refractivity contribution >= 4 is 17.8 Å². The topological polar surface area (TPSA) is 113 Å². The maximum Gasteiger partial charge on any atom is 0.239 e. The Morgan fingerprint density at radius 1 is 1.33 bits per heavy atom. The van der Waals surface area contributed by atoms with E-state index in [9.17, 15) is 9.59 Å². The number of hydrogen-bond donors (Lipinski definition) is 3. The maximum atomic E-state index is 11.8. The van der Waals surface area contributed by atoms with Crippen LogP contribution in [0, 0.1) is 0 Å². The normalized spacial score (nSPS) is 18.1. The van der Waals surface area contributed by atoms with Crippen LogP contribution in [0.1, 0.15) is 12.8 Å². The Hall–Kier alpha value is -2.22. The van der Waals surface area contributed by atoms with E-state index in [0.29, 0.717) is 12.5 Å². The minimum Gasteiger partial charge on any atom is -0.350 e. The van der Waals surface area contributed by atoms with Gasteiger partial charge in [-0.25, -0.2) is 9.97 Å². The summed E-state index contributed by atoms with van der Waals surface area (Å²) in [7, 11) is 0. The standard InChI is InChI=1S/C13H20N6O2/c14-7-11(20)17-8-12(21)18-10-3-1-6-19(9-10)13-15-4-2-5-16-13/h2,4-5,10H,1,3,6-9,14H2,(H,17,20)(H,18,21). The minimum atomic E-state index is -0.340. The zero-order valence-corrected chi connectivity index (χ0v) is 11.8. The second kappa shape index (κ2) is 7.53. The van der Waals surface area contributed by atoms with Gasteiger partial charge in [-0.1, -0.05) is 0 Å². The zero-order chi connectivity index (χ0) is 15.1. The number of anilines is 1. The molecule has 0 radical (unpaired) electrons. The molecule has 4 N–H and O–H groups in total. The van der Waals surface area contributed by atoms with Crippen molar-refractivity contribution in [3.05, 3.63) is 18.5 Å². The van der Waals surface area contributed by atoms with Gasteiger partial charge in [-0.2, -0.15) is 0 Å². The molecule has 2 rings (SSSR count). The quantitative estimate of drug-likeness (QED) is 0.617. The molecule has 1 aliphatic rings. The Balaban J connectivity index is 1.81. The van der Waals surface area contributed by atoms with Gasteiger partial charge in [0.25, 0.3) is 0 Å². The van der Waals surface area contributed by atoms with E-state index in [2.05, 4.69) is 20.6 Å². The molecule has 21 heavy (non-hydrogen) atoms. The zero-order valence-electron chi connectivity index (χ0n) is 11.8. The first-order valence-electron chi connectivity index (χ1n) is 6.97. The van der Waals surface area contributed by atoms with Crippen LogP contribution in [0.3, 0.4) is 0 Å². The molecule has 1 fully saturated rings. The summed E-state index contributed by atoms with van der Waals surface area (Å²) < 4.78 is 0. The summed E-state index contributed by atoms with van der Waals surface area (Å²) in [5.74, 6) is 0.124. The molecule has 1 saturated heterocycles.